The Hall–Kier alpha value is -3.91. The van der Waals surface area contributed by atoms with Crippen molar-refractivity contribution in [3.63, 3.8) is 0 Å². The second-order valence-corrected chi connectivity index (χ2v) is 8.81. The van der Waals surface area contributed by atoms with Crippen LogP contribution in [0.2, 0.25) is 0 Å². The molecule has 0 aliphatic heterocycles. The van der Waals surface area contributed by atoms with Crippen molar-refractivity contribution in [2.45, 2.75) is 13.2 Å². The summed E-state index contributed by atoms with van der Waals surface area (Å²) in [5.41, 5.74) is 2.96. The van der Waals surface area contributed by atoms with E-state index in [1.165, 1.54) is 15.2 Å². The van der Waals surface area contributed by atoms with E-state index >= 15 is 0 Å². The van der Waals surface area contributed by atoms with Crippen LogP contribution in [0.4, 0.5) is 4.39 Å². The molecule has 5 aromatic rings. The number of rotatable bonds is 7. The number of aromatic nitrogens is 3. The molecule has 0 unspecified atom stereocenters. The first kappa shape index (κ1) is 22.9. The highest BCUT2D eigenvalue weighted by Gasteiger charge is 2.20. The molecule has 5 rings (SSSR count). The van der Waals surface area contributed by atoms with E-state index in [1.807, 2.05) is 60.7 Å². The lowest BCUT2D eigenvalue weighted by Gasteiger charge is -2.14. The van der Waals surface area contributed by atoms with Gasteiger partial charge in [0.15, 0.2) is 0 Å². The van der Waals surface area contributed by atoms with E-state index in [1.54, 1.807) is 25.2 Å². The number of fused-ring (bicyclic) bond motifs is 1. The molecule has 0 aliphatic rings. The van der Waals surface area contributed by atoms with Gasteiger partial charge in [0.25, 0.3) is 0 Å². The van der Waals surface area contributed by atoms with Gasteiger partial charge >= 0.3 is 5.69 Å². The van der Waals surface area contributed by atoms with Crippen molar-refractivity contribution in [3.8, 4) is 17.4 Å². The van der Waals surface area contributed by atoms with Gasteiger partial charge in [0.2, 0.25) is 11.8 Å². The van der Waals surface area contributed by atoms with Crippen LogP contribution in [0, 0.1) is 5.82 Å². The molecule has 0 fully saturated rings. The Labute approximate surface area is 209 Å². The van der Waals surface area contributed by atoms with Crippen molar-refractivity contribution in [3.05, 3.63) is 117 Å². The van der Waals surface area contributed by atoms with E-state index in [0.717, 1.165) is 11.1 Å². The van der Waals surface area contributed by atoms with Gasteiger partial charge in [-0.2, -0.15) is 4.98 Å². The molecule has 176 valence electrons. The Bertz CT molecular complexity index is 1550. The molecule has 0 spiro atoms. The molecule has 0 radical (unpaired) electrons. The number of halogens is 2. The third kappa shape index (κ3) is 4.70. The highest BCUT2D eigenvalue weighted by Crippen LogP contribution is 2.29. The Balaban J connectivity index is 1.57. The molecule has 0 bridgehead atoms. The third-order valence-electron chi connectivity index (χ3n) is 5.60. The molecule has 6 nitrogen and oxygen atoms in total. The van der Waals surface area contributed by atoms with Crippen molar-refractivity contribution in [1.29, 1.82) is 0 Å². The van der Waals surface area contributed by atoms with Gasteiger partial charge in [-0.15, -0.1) is 0 Å². The molecule has 2 heterocycles. The van der Waals surface area contributed by atoms with Gasteiger partial charge in [-0.05, 0) is 39.2 Å². The molecule has 35 heavy (non-hydrogen) atoms. The summed E-state index contributed by atoms with van der Waals surface area (Å²) in [5, 5.41) is 0. The lowest BCUT2D eigenvalue weighted by molar-refractivity contribution is 0.267. The standard InChI is InChI=1S/C27H21BrFN3O3/c1-31-23-14-20(28)21(29)15-24(23)32(27(31)33)22-12-13-25(34-16-18-8-4-2-5-9-18)30-26(22)35-17-19-10-6-3-7-11-19/h2-15H,16-17H2,1H3. The zero-order valence-electron chi connectivity index (χ0n) is 18.8. The molecule has 0 aliphatic carbocycles. The topological polar surface area (TPSA) is 58.3 Å². The highest BCUT2D eigenvalue weighted by atomic mass is 79.9. The molecule has 0 atom stereocenters. The van der Waals surface area contributed by atoms with Crippen molar-refractivity contribution in [2.24, 2.45) is 7.05 Å². The van der Waals surface area contributed by atoms with Crippen LogP contribution < -0.4 is 15.2 Å². The van der Waals surface area contributed by atoms with Crippen molar-refractivity contribution < 1.29 is 13.9 Å². The lowest BCUT2D eigenvalue weighted by atomic mass is 10.2. The number of hydrogen-bond acceptors (Lipinski definition) is 4. The third-order valence-corrected chi connectivity index (χ3v) is 6.21. The smallest absolute Gasteiger partial charge is 0.333 e. The van der Waals surface area contributed by atoms with E-state index < -0.39 is 5.82 Å². The number of imidazole rings is 1. The van der Waals surface area contributed by atoms with Gasteiger partial charge < -0.3 is 9.47 Å². The minimum Gasteiger partial charge on any atom is -0.473 e. The van der Waals surface area contributed by atoms with E-state index in [0.29, 0.717) is 29.2 Å². The average Bonchev–Trinajstić information content (AvgIpc) is 3.12. The predicted molar refractivity (Wildman–Crippen MR) is 136 cm³/mol. The van der Waals surface area contributed by atoms with E-state index in [-0.39, 0.29) is 22.6 Å². The number of benzene rings is 3. The van der Waals surface area contributed by atoms with E-state index in [4.69, 9.17) is 9.47 Å². The molecular formula is C27H21BrFN3O3. The first-order chi connectivity index (χ1) is 17.0. The van der Waals surface area contributed by atoms with Gasteiger partial charge in [-0.1, -0.05) is 60.7 Å². The van der Waals surface area contributed by atoms with Crippen molar-refractivity contribution in [2.75, 3.05) is 0 Å². The molecule has 0 saturated heterocycles. The van der Waals surface area contributed by atoms with E-state index in [2.05, 4.69) is 20.9 Å². The van der Waals surface area contributed by atoms with E-state index in [9.17, 15) is 9.18 Å². The summed E-state index contributed by atoms with van der Waals surface area (Å²) in [6.45, 7) is 0.571. The van der Waals surface area contributed by atoms with Gasteiger partial charge in [0.05, 0.1) is 15.5 Å². The van der Waals surface area contributed by atoms with Gasteiger partial charge in [0, 0.05) is 19.2 Å². The second kappa shape index (κ2) is 9.76. The van der Waals surface area contributed by atoms with Crippen LogP contribution in [0.3, 0.4) is 0 Å². The summed E-state index contributed by atoms with van der Waals surface area (Å²) in [6.07, 6.45) is 0. The van der Waals surface area contributed by atoms with Crippen molar-refractivity contribution >= 4 is 27.0 Å². The van der Waals surface area contributed by atoms with Crippen LogP contribution in [0.15, 0.2) is 94.2 Å². The van der Waals surface area contributed by atoms with Gasteiger partial charge in [0.1, 0.15) is 24.7 Å². The fourth-order valence-corrected chi connectivity index (χ4v) is 4.12. The van der Waals surface area contributed by atoms with Crippen molar-refractivity contribution in [1.82, 2.24) is 14.1 Å². The molecule has 0 N–H and O–H groups in total. The first-order valence-corrected chi connectivity index (χ1v) is 11.7. The lowest BCUT2D eigenvalue weighted by Crippen LogP contribution is -2.21. The molecule has 0 amide bonds. The molecule has 0 saturated carbocycles. The van der Waals surface area contributed by atoms with Crippen LogP contribution in [0.1, 0.15) is 11.1 Å². The second-order valence-electron chi connectivity index (χ2n) is 7.95. The SMILES string of the molecule is Cn1c(=O)n(-c2ccc(OCc3ccccc3)nc2OCc2ccccc2)c2cc(F)c(Br)cc21. The molecule has 2 aromatic heterocycles. The minimum absolute atomic E-state index is 0.206. The summed E-state index contributed by atoms with van der Waals surface area (Å²) in [4.78, 5) is 17.8. The monoisotopic (exact) mass is 533 g/mol. The minimum atomic E-state index is -0.473. The molecular weight excluding hydrogens is 513 g/mol. The normalized spacial score (nSPS) is 11.1. The summed E-state index contributed by atoms with van der Waals surface area (Å²) in [5.74, 6) is 0.0830. The van der Waals surface area contributed by atoms with Gasteiger partial charge in [-0.3, -0.25) is 9.13 Å². The average molecular weight is 534 g/mol. The van der Waals surface area contributed by atoms with Crippen LogP contribution >= 0.6 is 15.9 Å². The summed E-state index contributed by atoms with van der Waals surface area (Å²) < 4.78 is 29.5. The zero-order chi connectivity index (χ0) is 24.4. The Kier molecular flexibility index (Phi) is 6.37. The number of aryl methyl sites for hydroxylation is 1. The van der Waals surface area contributed by atoms with Crippen LogP contribution in [-0.4, -0.2) is 14.1 Å². The van der Waals surface area contributed by atoms with Gasteiger partial charge in [-0.25, -0.2) is 9.18 Å². The Morgan fingerprint density at radius 2 is 1.49 bits per heavy atom. The fourth-order valence-electron chi connectivity index (χ4n) is 3.79. The largest absolute Gasteiger partial charge is 0.473 e. The molecule has 8 heteroatoms. The molecule has 3 aromatic carbocycles. The highest BCUT2D eigenvalue weighted by molar-refractivity contribution is 9.10. The number of pyridine rings is 1. The number of hydrogen-bond donors (Lipinski definition) is 0. The Morgan fingerprint density at radius 3 is 2.14 bits per heavy atom. The first-order valence-electron chi connectivity index (χ1n) is 10.9. The van der Waals surface area contributed by atoms with Crippen LogP contribution in [0.25, 0.3) is 16.7 Å². The predicted octanol–water partition coefficient (Wildman–Crippen LogP) is 5.78. The van der Waals surface area contributed by atoms with Crippen LogP contribution in [0.5, 0.6) is 11.8 Å². The number of nitrogens with zero attached hydrogens (tertiary/aromatic N) is 3. The maximum absolute atomic E-state index is 14.4. The zero-order valence-corrected chi connectivity index (χ0v) is 20.4. The quantitative estimate of drug-likeness (QED) is 0.266. The maximum atomic E-state index is 14.4. The summed E-state index contributed by atoms with van der Waals surface area (Å²) >= 11 is 3.20. The van der Waals surface area contributed by atoms with Crippen LogP contribution in [-0.2, 0) is 20.3 Å². The number of ether oxygens (including phenoxy) is 2. The Morgan fingerprint density at radius 1 is 0.857 bits per heavy atom. The maximum Gasteiger partial charge on any atom is 0.333 e. The fraction of sp³-hybridized carbons (Fsp3) is 0.111. The summed E-state index contributed by atoms with van der Waals surface area (Å²) in [7, 11) is 1.64. The summed E-state index contributed by atoms with van der Waals surface area (Å²) in [6, 6.07) is 25.7.